The fourth-order valence-electron chi connectivity index (χ4n) is 2.32. The molecule has 0 bridgehead atoms. The summed E-state index contributed by atoms with van der Waals surface area (Å²) in [5.74, 6) is 0.800. The van der Waals surface area contributed by atoms with Crippen LogP contribution in [0.15, 0.2) is 12.1 Å². The second kappa shape index (κ2) is 7.96. The van der Waals surface area contributed by atoms with Crippen LogP contribution in [-0.2, 0) is 0 Å². The maximum absolute atomic E-state index is 8.21. The van der Waals surface area contributed by atoms with E-state index in [9.17, 15) is 0 Å². The van der Waals surface area contributed by atoms with E-state index in [1.165, 1.54) is 38.5 Å². The van der Waals surface area contributed by atoms with E-state index in [0.29, 0.717) is 18.7 Å². The summed E-state index contributed by atoms with van der Waals surface area (Å²) >= 11 is 0. The number of allylic oxidation sites excluding steroid dienone is 2. The topological polar surface area (TPSA) is 0 Å². The van der Waals surface area contributed by atoms with Gasteiger partial charge in [0.2, 0.25) is 0 Å². The molecule has 1 rings (SSSR count). The fourth-order valence-corrected chi connectivity index (χ4v) is 2.32. The third-order valence-corrected chi connectivity index (χ3v) is 3.44. The van der Waals surface area contributed by atoms with Crippen molar-refractivity contribution in [3.63, 3.8) is 0 Å². The van der Waals surface area contributed by atoms with Crippen molar-refractivity contribution >= 4 is 0 Å². The van der Waals surface area contributed by atoms with E-state index in [1.807, 2.05) is 0 Å². The Morgan fingerprint density at radius 3 is 3.07 bits per heavy atom. The molecule has 1 aliphatic carbocycles. The standard InChI is InChI=1S/C15H28/c1-3-4-11-14(2)15-12-9-7-5-6-8-10-13-15/h9,12,14-15H,3-8,10-11,13H2,1-2H3/i2D,12D. The van der Waals surface area contributed by atoms with Crippen molar-refractivity contribution in [1.82, 2.24) is 0 Å². The van der Waals surface area contributed by atoms with Crippen LogP contribution in [0.3, 0.4) is 0 Å². The van der Waals surface area contributed by atoms with E-state index in [2.05, 4.69) is 13.0 Å². The highest BCUT2D eigenvalue weighted by atomic mass is 14.2. The average Bonchev–Trinajstić information content (AvgIpc) is 2.44. The summed E-state index contributed by atoms with van der Waals surface area (Å²) < 4.78 is 15.9. The van der Waals surface area contributed by atoms with Crippen LogP contribution in [-0.4, -0.2) is 0 Å². The zero-order valence-corrected chi connectivity index (χ0v) is 10.3. The monoisotopic (exact) mass is 210 g/mol. The lowest BCUT2D eigenvalue weighted by Gasteiger charge is -2.20. The second-order valence-corrected chi connectivity index (χ2v) is 4.87. The summed E-state index contributed by atoms with van der Waals surface area (Å²) in [6.07, 6.45) is 13.0. The van der Waals surface area contributed by atoms with Gasteiger partial charge in [-0.05, 0) is 31.1 Å². The van der Waals surface area contributed by atoms with Crippen LogP contribution < -0.4 is 0 Å². The summed E-state index contributed by atoms with van der Waals surface area (Å²) in [6.45, 7) is 2.71. The highest BCUT2D eigenvalue weighted by molar-refractivity contribution is 4.91. The van der Waals surface area contributed by atoms with Gasteiger partial charge in [0.25, 0.3) is 0 Å². The Labute approximate surface area is 99.0 Å². The zero-order valence-electron chi connectivity index (χ0n) is 12.3. The molecular weight excluding hydrogens is 180 g/mol. The minimum atomic E-state index is 0.372. The number of unbranched alkanes of at least 4 members (excludes halogenated alkanes) is 1. The molecule has 0 radical (unpaired) electrons. The molecular formula is C15H28. The van der Waals surface area contributed by atoms with Crippen LogP contribution in [0, 0.1) is 11.8 Å². The quantitative estimate of drug-likeness (QED) is 0.549. The largest absolute Gasteiger partial charge is 0.0882 e. The molecule has 0 nitrogen and oxygen atoms in total. The van der Waals surface area contributed by atoms with Crippen molar-refractivity contribution < 1.29 is 2.74 Å². The minimum absolute atomic E-state index is 0.372. The van der Waals surface area contributed by atoms with Crippen LogP contribution >= 0.6 is 0 Å². The molecule has 0 saturated carbocycles. The van der Waals surface area contributed by atoms with Crippen molar-refractivity contribution in [2.75, 3.05) is 0 Å². The molecule has 0 saturated heterocycles. The molecule has 88 valence electrons. The predicted octanol–water partition coefficient (Wildman–Crippen LogP) is 5.34. The molecule has 0 heterocycles. The number of hydrogen-bond acceptors (Lipinski definition) is 0. The predicted molar refractivity (Wildman–Crippen MR) is 69.0 cm³/mol. The van der Waals surface area contributed by atoms with Gasteiger partial charge in [-0.2, -0.15) is 0 Å². The van der Waals surface area contributed by atoms with E-state index in [1.54, 1.807) is 0 Å². The molecule has 0 amide bonds. The SMILES string of the molecule is [2H]CC(CCCC)C1CCCCCCC=C1[2H]. The Bertz CT molecular complexity index is 223. The average molecular weight is 210 g/mol. The van der Waals surface area contributed by atoms with Gasteiger partial charge in [-0.3, -0.25) is 0 Å². The van der Waals surface area contributed by atoms with E-state index in [-0.39, 0.29) is 0 Å². The highest BCUT2D eigenvalue weighted by Crippen LogP contribution is 2.26. The van der Waals surface area contributed by atoms with Gasteiger partial charge in [-0.15, -0.1) is 0 Å². The van der Waals surface area contributed by atoms with E-state index in [0.717, 1.165) is 25.3 Å². The smallest absolute Gasteiger partial charge is 0.0576 e. The van der Waals surface area contributed by atoms with Gasteiger partial charge in [0.05, 0.1) is 1.37 Å². The van der Waals surface area contributed by atoms with Crippen molar-refractivity contribution in [3.8, 4) is 0 Å². The Balaban J connectivity index is 2.62. The minimum Gasteiger partial charge on any atom is -0.0882 e. The van der Waals surface area contributed by atoms with Crippen LogP contribution in [0.5, 0.6) is 0 Å². The van der Waals surface area contributed by atoms with Crippen molar-refractivity contribution in [3.05, 3.63) is 12.1 Å². The highest BCUT2D eigenvalue weighted by Gasteiger charge is 2.14. The third-order valence-electron chi connectivity index (χ3n) is 3.44. The van der Waals surface area contributed by atoms with Crippen molar-refractivity contribution in [1.29, 1.82) is 0 Å². The Morgan fingerprint density at radius 1 is 1.40 bits per heavy atom. The van der Waals surface area contributed by atoms with E-state index >= 15 is 0 Å². The molecule has 15 heavy (non-hydrogen) atoms. The van der Waals surface area contributed by atoms with Gasteiger partial charge < -0.3 is 0 Å². The summed E-state index contributed by atoms with van der Waals surface area (Å²) in [5.41, 5.74) is 0. The first-order valence-corrected chi connectivity index (χ1v) is 6.75. The van der Waals surface area contributed by atoms with Crippen molar-refractivity contribution in [2.24, 2.45) is 11.8 Å². The molecule has 0 spiro atoms. The van der Waals surface area contributed by atoms with Crippen LogP contribution in [0.25, 0.3) is 0 Å². The van der Waals surface area contributed by atoms with Crippen molar-refractivity contribution in [2.45, 2.75) is 71.6 Å². The molecule has 2 atom stereocenters. The van der Waals surface area contributed by atoms with Gasteiger partial charge >= 0.3 is 0 Å². The van der Waals surface area contributed by atoms with Gasteiger partial charge in [-0.1, -0.05) is 64.5 Å². The van der Waals surface area contributed by atoms with Gasteiger partial charge in [0.15, 0.2) is 0 Å². The maximum atomic E-state index is 8.21. The summed E-state index contributed by atoms with van der Waals surface area (Å²) in [7, 11) is 0. The second-order valence-electron chi connectivity index (χ2n) is 4.87. The lowest BCUT2D eigenvalue weighted by atomic mass is 9.85. The first-order valence-electron chi connectivity index (χ1n) is 7.96. The number of rotatable bonds is 4. The molecule has 0 heteroatoms. The number of hydrogen-bond donors (Lipinski definition) is 0. The first kappa shape index (κ1) is 9.93. The lowest BCUT2D eigenvalue weighted by molar-refractivity contribution is 0.360. The molecule has 0 aromatic heterocycles. The van der Waals surface area contributed by atoms with Crippen LogP contribution in [0.4, 0.5) is 0 Å². The summed E-state index contributed by atoms with van der Waals surface area (Å²) in [4.78, 5) is 0. The molecule has 0 fully saturated rings. The maximum Gasteiger partial charge on any atom is 0.0576 e. The molecule has 0 aliphatic heterocycles. The zero-order chi connectivity index (χ0) is 12.5. The Morgan fingerprint density at radius 2 is 2.27 bits per heavy atom. The summed E-state index contributed by atoms with van der Waals surface area (Å²) in [6, 6.07) is 0.834. The van der Waals surface area contributed by atoms with Gasteiger partial charge in [0, 0.05) is 1.37 Å². The fraction of sp³-hybridized carbons (Fsp3) is 0.867. The first-order chi connectivity index (χ1) is 8.29. The van der Waals surface area contributed by atoms with E-state index in [4.69, 9.17) is 2.74 Å². The summed E-state index contributed by atoms with van der Waals surface area (Å²) in [5, 5.41) is 0. The Kier molecular flexibility index (Phi) is 5.27. The van der Waals surface area contributed by atoms with Crippen LogP contribution in [0.1, 0.15) is 74.4 Å². The lowest BCUT2D eigenvalue weighted by Crippen LogP contribution is -2.09. The third kappa shape index (κ3) is 5.39. The molecule has 0 aromatic rings. The van der Waals surface area contributed by atoms with Gasteiger partial charge in [0.1, 0.15) is 0 Å². The molecule has 0 N–H and O–H groups in total. The molecule has 0 aromatic carbocycles. The molecule has 1 aliphatic rings. The Hall–Kier alpha value is -0.260. The van der Waals surface area contributed by atoms with Crippen LogP contribution in [0.2, 0.25) is 0 Å². The van der Waals surface area contributed by atoms with Gasteiger partial charge in [-0.25, -0.2) is 0 Å². The van der Waals surface area contributed by atoms with E-state index < -0.39 is 0 Å². The normalized spacial score (nSPS) is 27.8. The molecule has 2 unspecified atom stereocenters.